The molecule has 4 atom stereocenters. The third-order valence-electron chi connectivity index (χ3n) is 7.10. The summed E-state index contributed by atoms with van der Waals surface area (Å²) in [5.74, 6) is -3.81. The molecular weight excluding hydrogens is 591 g/mol. The highest BCUT2D eigenvalue weighted by Crippen LogP contribution is 2.60. The first-order valence-electron chi connectivity index (χ1n) is 12.8. The molecule has 0 heterocycles. The van der Waals surface area contributed by atoms with E-state index in [1.807, 2.05) is 38.1 Å². The molecule has 0 aliphatic heterocycles. The van der Waals surface area contributed by atoms with Gasteiger partial charge in [-0.1, -0.05) is 26.0 Å². The number of nitrogens with zero attached hydrogens (tertiary/aromatic N) is 1. The molecule has 9 heteroatoms. The van der Waals surface area contributed by atoms with E-state index < -0.39 is 40.9 Å². The van der Waals surface area contributed by atoms with Crippen LogP contribution in [0.5, 0.6) is 0 Å². The molecule has 3 rings (SSSR count). The maximum absolute atomic E-state index is 14.0. The number of nitrogens with two attached hydrogens (primary N) is 1. The van der Waals surface area contributed by atoms with Gasteiger partial charge in [0.05, 0.1) is 17.4 Å². The van der Waals surface area contributed by atoms with Gasteiger partial charge in [0.15, 0.2) is 0 Å². The van der Waals surface area contributed by atoms with Crippen molar-refractivity contribution in [1.29, 1.82) is 0 Å². The number of nitrogens with one attached hydrogen (secondary N) is 1. The Morgan fingerprint density at radius 1 is 1.14 bits per heavy atom. The molecule has 0 bridgehead atoms. The van der Waals surface area contributed by atoms with Crippen molar-refractivity contribution in [3.8, 4) is 0 Å². The topological polar surface area (TPSA) is 95.7 Å². The van der Waals surface area contributed by atoms with E-state index in [9.17, 15) is 23.5 Å². The number of hydrogen-bond donors (Lipinski definition) is 3. The van der Waals surface area contributed by atoms with Gasteiger partial charge in [-0.3, -0.25) is 9.59 Å². The van der Waals surface area contributed by atoms with Crippen LogP contribution in [-0.4, -0.2) is 47.6 Å². The highest BCUT2D eigenvalue weighted by Gasteiger charge is 2.68. The van der Waals surface area contributed by atoms with Gasteiger partial charge in [-0.05, 0) is 83.7 Å². The SMILES string of the molecule is CCCN(CCC)C(=O)C1([C@H](Cc2cc(F)cc(F)c2)[C@@H](O)CNCc2cccc(I)c2)CC1C(N)=O. The number of halogens is 3. The van der Waals surface area contributed by atoms with Crippen LogP contribution in [-0.2, 0) is 22.6 Å². The Hall–Kier alpha value is -2.11. The van der Waals surface area contributed by atoms with Gasteiger partial charge in [-0.25, -0.2) is 8.78 Å². The van der Waals surface area contributed by atoms with E-state index in [4.69, 9.17) is 5.73 Å². The summed E-state index contributed by atoms with van der Waals surface area (Å²) in [5, 5.41) is 14.7. The van der Waals surface area contributed by atoms with Gasteiger partial charge >= 0.3 is 0 Å². The lowest BCUT2D eigenvalue weighted by Gasteiger charge is -2.35. The molecular formula is C28H36F2IN3O3. The number of amides is 2. The number of hydrogen-bond acceptors (Lipinski definition) is 4. The summed E-state index contributed by atoms with van der Waals surface area (Å²) in [4.78, 5) is 28.1. The Balaban J connectivity index is 1.93. The first-order chi connectivity index (χ1) is 17.6. The molecule has 0 saturated heterocycles. The molecule has 6 nitrogen and oxygen atoms in total. The number of rotatable bonds is 14. The number of carbonyl (C=O) groups excluding carboxylic acids is 2. The summed E-state index contributed by atoms with van der Waals surface area (Å²) in [5.41, 5.74) is 5.83. The fourth-order valence-electron chi connectivity index (χ4n) is 5.38. The maximum atomic E-state index is 14.0. The Labute approximate surface area is 231 Å². The first kappa shape index (κ1) is 29.4. The van der Waals surface area contributed by atoms with E-state index >= 15 is 0 Å². The second-order valence-electron chi connectivity index (χ2n) is 9.91. The molecule has 202 valence electrons. The van der Waals surface area contributed by atoms with Crippen LogP contribution in [0.4, 0.5) is 8.78 Å². The summed E-state index contributed by atoms with van der Waals surface area (Å²) in [6, 6.07) is 11.1. The molecule has 2 unspecified atom stereocenters. The highest BCUT2D eigenvalue weighted by molar-refractivity contribution is 14.1. The maximum Gasteiger partial charge on any atom is 0.230 e. The van der Waals surface area contributed by atoms with Gasteiger partial charge in [0.25, 0.3) is 0 Å². The van der Waals surface area contributed by atoms with E-state index in [1.54, 1.807) is 4.90 Å². The van der Waals surface area contributed by atoms with E-state index in [1.165, 1.54) is 12.1 Å². The van der Waals surface area contributed by atoms with Crippen LogP contribution < -0.4 is 11.1 Å². The van der Waals surface area contributed by atoms with Crippen LogP contribution in [0.1, 0.15) is 44.2 Å². The zero-order chi connectivity index (χ0) is 27.2. The van der Waals surface area contributed by atoms with Crippen LogP contribution in [0.25, 0.3) is 0 Å². The number of aliphatic hydroxyl groups is 1. The van der Waals surface area contributed by atoms with Crippen LogP contribution in [0, 0.1) is 32.5 Å². The van der Waals surface area contributed by atoms with Crippen molar-refractivity contribution in [2.24, 2.45) is 23.0 Å². The van der Waals surface area contributed by atoms with Crippen LogP contribution in [0.2, 0.25) is 0 Å². The Bertz CT molecular complexity index is 1080. The number of primary amides is 1. The van der Waals surface area contributed by atoms with Gasteiger partial charge in [0.2, 0.25) is 11.8 Å². The van der Waals surface area contributed by atoms with Crippen molar-refractivity contribution in [3.05, 3.63) is 68.8 Å². The first-order valence-corrected chi connectivity index (χ1v) is 13.9. The zero-order valence-corrected chi connectivity index (χ0v) is 23.5. The number of carbonyl (C=O) groups is 2. The molecule has 2 aromatic rings. The van der Waals surface area contributed by atoms with Crippen molar-refractivity contribution >= 4 is 34.4 Å². The quantitative estimate of drug-likeness (QED) is 0.276. The average Bonchev–Trinajstić information content (AvgIpc) is 3.58. The van der Waals surface area contributed by atoms with E-state index in [-0.39, 0.29) is 25.3 Å². The molecule has 2 aromatic carbocycles. The molecule has 1 saturated carbocycles. The van der Waals surface area contributed by atoms with Crippen molar-refractivity contribution in [2.75, 3.05) is 19.6 Å². The van der Waals surface area contributed by atoms with Crippen molar-refractivity contribution in [3.63, 3.8) is 0 Å². The third-order valence-corrected chi connectivity index (χ3v) is 7.77. The summed E-state index contributed by atoms with van der Waals surface area (Å²) < 4.78 is 29.2. The Morgan fingerprint density at radius 3 is 2.32 bits per heavy atom. The van der Waals surface area contributed by atoms with Crippen LogP contribution >= 0.6 is 22.6 Å². The van der Waals surface area contributed by atoms with Gasteiger partial charge in [0, 0.05) is 41.7 Å². The predicted octanol–water partition coefficient (Wildman–Crippen LogP) is 4.02. The van der Waals surface area contributed by atoms with Gasteiger partial charge < -0.3 is 21.1 Å². The third kappa shape index (κ3) is 7.26. The summed E-state index contributed by atoms with van der Waals surface area (Å²) in [7, 11) is 0. The fourth-order valence-corrected chi connectivity index (χ4v) is 5.99. The van der Waals surface area contributed by atoms with Crippen LogP contribution in [0.15, 0.2) is 42.5 Å². The minimum Gasteiger partial charge on any atom is -0.391 e. The molecule has 4 N–H and O–H groups in total. The fraction of sp³-hybridized carbons (Fsp3) is 0.500. The number of benzene rings is 2. The van der Waals surface area contributed by atoms with Crippen LogP contribution in [0.3, 0.4) is 0 Å². The Morgan fingerprint density at radius 2 is 1.78 bits per heavy atom. The predicted molar refractivity (Wildman–Crippen MR) is 147 cm³/mol. The van der Waals surface area contributed by atoms with Crippen molar-refractivity contribution in [2.45, 2.75) is 52.2 Å². The van der Waals surface area contributed by atoms with Crippen molar-refractivity contribution < 1.29 is 23.5 Å². The monoisotopic (exact) mass is 627 g/mol. The molecule has 2 amide bonds. The van der Waals surface area contributed by atoms with E-state index in [0.29, 0.717) is 25.2 Å². The zero-order valence-electron chi connectivity index (χ0n) is 21.4. The molecule has 1 fully saturated rings. The standard InChI is InChI=1S/C28H36F2IN3O3/c1-3-8-34(9-4-2)27(37)28(15-24(28)26(32)36)23(13-19-10-20(29)14-21(30)11-19)25(35)17-33-16-18-6-5-7-22(31)12-18/h5-7,10-12,14,23-25,33,35H,3-4,8-9,13,15-17H2,1-2H3,(H2,32,36)/t23-,24?,25+,28?/m1/s1. The summed E-state index contributed by atoms with van der Waals surface area (Å²) in [6.07, 6.45) is 0.655. The van der Waals surface area contributed by atoms with Gasteiger partial charge in [0.1, 0.15) is 11.6 Å². The largest absolute Gasteiger partial charge is 0.391 e. The lowest BCUT2D eigenvalue weighted by atomic mass is 9.77. The molecule has 1 aliphatic carbocycles. The molecule has 0 spiro atoms. The van der Waals surface area contributed by atoms with E-state index in [0.717, 1.165) is 28.0 Å². The lowest BCUT2D eigenvalue weighted by molar-refractivity contribution is -0.144. The molecule has 37 heavy (non-hydrogen) atoms. The summed E-state index contributed by atoms with van der Waals surface area (Å²) >= 11 is 2.23. The van der Waals surface area contributed by atoms with Crippen molar-refractivity contribution in [1.82, 2.24) is 10.2 Å². The minimum absolute atomic E-state index is 0.0301. The normalized spacial score (nSPS) is 20.3. The second kappa shape index (κ2) is 13.1. The number of aliphatic hydroxyl groups excluding tert-OH is 1. The molecule has 0 radical (unpaired) electrons. The highest BCUT2D eigenvalue weighted by atomic mass is 127. The second-order valence-corrected chi connectivity index (χ2v) is 11.2. The van der Waals surface area contributed by atoms with Gasteiger partial charge in [-0.15, -0.1) is 0 Å². The van der Waals surface area contributed by atoms with Gasteiger partial charge in [-0.2, -0.15) is 0 Å². The molecule has 1 aliphatic rings. The summed E-state index contributed by atoms with van der Waals surface area (Å²) in [6.45, 7) is 5.60. The van der Waals surface area contributed by atoms with E-state index in [2.05, 4.69) is 27.9 Å². The Kier molecular flexibility index (Phi) is 10.4. The average molecular weight is 628 g/mol. The minimum atomic E-state index is -1.22. The lowest BCUT2D eigenvalue weighted by Crippen LogP contribution is -2.49. The molecule has 0 aromatic heterocycles. The smallest absolute Gasteiger partial charge is 0.230 e.